The first-order valence-corrected chi connectivity index (χ1v) is 4.99. The number of halogens is 3. The molecule has 4 nitrogen and oxygen atoms in total. The van der Waals surface area contributed by atoms with Gasteiger partial charge in [-0.1, -0.05) is 0 Å². The molecular formula is C11H9F3N4. The second kappa shape index (κ2) is 5.11. The summed E-state index contributed by atoms with van der Waals surface area (Å²) >= 11 is 0. The van der Waals surface area contributed by atoms with Gasteiger partial charge in [0, 0.05) is 35.7 Å². The van der Waals surface area contributed by atoms with Crippen molar-refractivity contribution in [2.45, 2.75) is 6.04 Å². The lowest BCUT2D eigenvalue weighted by molar-refractivity contribution is 0.491. The van der Waals surface area contributed by atoms with Crippen molar-refractivity contribution < 1.29 is 13.2 Å². The fourth-order valence-electron chi connectivity index (χ4n) is 1.64. The van der Waals surface area contributed by atoms with Crippen molar-refractivity contribution >= 4 is 0 Å². The monoisotopic (exact) mass is 254 g/mol. The van der Waals surface area contributed by atoms with Crippen molar-refractivity contribution in [3.05, 3.63) is 59.4 Å². The minimum Gasteiger partial charge on any atom is -0.271 e. The molecular weight excluding hydrogens is 245 g/mol. The summed E-state index contributed by atoms with van der Waals surface area (Å²) in [4.78, 5) is 7.46. The molecule has 0 radical (unpaired) electrons. The molecule has 0 aliphatic rings. The average Bonchev–Trinajstić information content (AvgIpc) is 2.34. The predicted molar refractivity (Wildman–Crippen MR) is 57.5 cm³/mol. The van der Waals surface area contributed by atoms with Gasteiger partial charge < -0.3 is 0 Å². The molecule has 0 aliphatic carbocycles. The third-order valence-electron chi connectivity index (χ3n) is 2.41. The summed E-state index contributed by atoms with van der Waals surface area (Å²) in [5.41, 5.74) is 2.24. The largest absolute Gasteiger partial charge is 0.271 e. The lowest BCUT2D eigenvalue weighted by Gasteiger charge is -2.17. The Morgan fingerprint density at radius 1 is 1.06 bits per heavy atom. The molecule has 1 aromatic carbocycles. The van der Waals surface area contributed by atoms with Crippen molar-refractivity contribution in [1.29, 1.82) is 0 Å². The van der Waals surface area contributed by atoms with Gasteiger partial charge in [-0.3, -0.25) is 5.84 Å². The molecule has 0 amide bonds. The highest BCUT2D eigenvalue weighted by Gasteiger charge is 2.22. The van der Waals surface area contributed by atoms with E-state index < -0.39 is 23.5 Å². The van der Waals surface area contributed by atoms with Crippen LogP contribution in [-0.4, -0.2) is 9.97 Å². The number of hydrogen-bond donors (Lipinski definition) is 2. The first-order valence-electron chi connectivity index (χ1n) is 4.99. The average molecular weight is 254 g/mol. The Bertz CT molecular complexity index is 524. The Morgan fingerprint density at radius 2 is 1.61 bits per heavy atom. The highest BCUT2D eigenvalue weighted by Crippen LogP contribution is 2.26. The quantitative estimate of drug-likeness (QED) is 0.642. The fraction of sp³-hybridized carbons (Fsp3) is 0.0909. The Hall–Kier alpha value is -1.99. The van der Waals surface area contributed by atoms with E-state index in [0.717, 1.165) is 0 Å². The van der Waals surface area contributed by atoms with Gasteiger partial charge in [0.1, 0.15) is 23.8 Å². The van der Waals surface area contributed by atoms with Crippen LogP contribution in [0.15, 0.2) is 30.9 Å². The number of benzene rings is 1. The van der Waals surface area contributed by atoms with E-state index in [-0.39, 0.29) is 5.56 Å². The predicted octanol–water partition coefficient (Wildman–Crippen LogP) is 1.45. The molecule has 1 aromatic heterocycles. The molecule has 1 unspecified atom stereocenters. The van der Waals surface area contributed by atoms with E-state index in [1.54, 1.807) is 0 Å². The van der Waals surface area contributed by atoms with E-state index in [2.05, 4.69) is 15.4 Å². The van der Waals surface area contributed by atoms with E-state index >= 15 is 0 Å². The van der Waals surface area contributed by atoms with E-state index in [1.165, 1.54) is 18.7 Å². The summed E-state index contributed by atoms with van der Waals surface area (Å²) in [5, 5.41) is 0. The van der Waals surface area contributed by atoms with E-state index in [1.807, 2.05) is 0 Å². The maximum atomic E-state index is 13.6. The van der Waals surface area contributed by atoms with Crippen molar-refractivity contribution in [3.63, 3.8) is 0 Å². The summed E-state index contributed by atoms with van der Waals surface area (Å²) in [7, 11) is 0. The standard InChI is InChI=1S/C11H9F3N4/c12-7-1-8(13)10(9(14)2-7)11(18-15)6-3-16-5-17-4-6/h1-5,11,18H,15H2. The molecule has 0 aliphatic heterocycles. The van der Waals surface area contributed by atoms with Crippen LogP contribution in [0, 0.1) is 17.5 Å². The number of nitrogens with two attached hydrogens (primary N) is 1. The topological polar surface area (TPSA) is 63.8 Å². The fourth-order valence-corrected chi connectivity index (χ4v) is 1.64. The first kappa shape index (κ1) is 12.5. The van der Waals surface area contributed by atoms with E-state index in [4.69, 9.17) is 5.84 Å². The zero-order valence-corrected chi connectivity index (χ0v) is 9.07. The molecule has 1 heterocycles. The molecule has 0 saturated carbocycles. The summed E-state index contributed by atoms with van der Waals surface area (Å²) in [6, 6.07) is 0.186. The van der Waals surface area contributed by atoms with Crippen LogP contribution < -0.4 is 11.3 Å². The summed E-state index contributed by atoms with van der Waals surface area (Å²) in [6.45, 7) is 0. The van der Waals surface area contributed by atoms with Crippen LogP contribution in [0.4, 0.5) is 13.2 Å². The Morgan fingerprint density at radius 3 is 2.11 bits per heavy atom. The summed E-state index contributed by atoms with van der Waals surface area (Å²) in [5.74, 6) is 2.23. The number of nitrogens with zero attached hydrogens (tertiary/aromatic N) is 2. The highest BCUT2D eigenvalue weighted by molar-refractivity contribution is 5.31. The Labute approximate surface area is 101 Å². The van der Waals surface area contributed by atoms with Gasteiger partial charge in [-0.05, 0) is 0 Å². The van der Waals surface area contributed by atoms with Crippen LogP contribution in [0.2, 0.25) is 0 Å². The number of nitrogens with one attached hydrogen (secondary N) is 1. The van der Waals surface area contributed by atoms with Gasteiger partial charge in [0.15, 0.2) is 0 Å². The zero-order valence-electron chi connectivity index (χ0n) is 9.07. The molecule has 7 heteroatoms. The van der Waals surface area contributed by atoms with Gasteiger partial charge in [0.05, 0.1) is 6.04 Å². The molecule has 18 heavy (non-hydrogen) atoms. The molecule has 0 bridgehead atoms. The van der Waals surface area contributed by atoms with Gasteiger partial charge in [0.2, 0.25) is 0 Å². The van der Waals surface area contributed by atoms with E-state index in [0.29, 0.717) is 17.7 Å². The van der Waals surface area contributed by atoms with Crippen molar-refractivity contribution in [1.82, 2.24) is 15.4 Å². The summed E-state index contributed by atoms with van der Waals surface area (Å²) in [6.07, 6.45) is 3.99. The molecule has 94 valence electrons. The molecule has 2 rings (SSSR count). The number of hydrogen-bond acceptors (Lipinski definition) is 4. The highest BCUT2D eigenvalue weighted by atomic mass is 19.1. The molecule has 0 saturated heterocycles. The van der Waals surface area contributed by atoms with Gasteiger partial charge in [-0.25, -0.2) is 28.6 Å². The third-order valence-corrected chi connectivity index (χ3v) is 2.41. The maximum absolute atomic E-state index is 13.6. The third kappa shape index (κ3) is 2.31. The molecule has 0 spiro atoms. The molecule has 3 N–H and O–H groups in total. The number of aromatic nitrogens is 2. The normalized spacial score (nSPS) is 12.4. The van der Waals surface area contributed by atoms with Crippen molar-refractivity contribution in [3.8, 4) is 0 Å². The van der Waals surface area contributed by atoms with Crippen LogP contribution in [0.5, 0.6) is 0 Å². The SMILES string of the molecule is NNC(c1cncnc1)c1c(F)cc(F)cc1F. The van der Waals surface area contributed by atoms with Crippen LogP contribution in [0.25, 0.3) is 0 Å². The van der Waals surface area contributed by atoms with Crippen molar-refractivity contribution in [2.75, 3.05) is 0 Å². The van der Waals surface area contributed by atoms with Crippen LogP contribution in [0.1, 0.15) is 17.2 Å². The van der Waals surface area contributed by atoms with Crippen molar-refractivity contribution in [2.24, 2.45) is 5.84 Å². The number of hydrazine groups is 1. The summed E-state index contributed by atoms with van der Waals surface area (Å²) < 4.78 is 40.1. The Kier molecular flexibility index (Phi) is 3.54. The van der Waals surface area contributed by atoms with Gasteiger partial charge in [-0.15, -0.1) is 0 Å². The van der Waals surface area contributed by atoms with Gasteiger partial charge in [0.25, 0.3) is 0 Å². The lowest BCUT2D eigenvalue weighted by Crippen LogP contribution is -2.30. The van der Waals surface area contributed by atoms with Gasteiger partial charge >= 0.3 is 0 Å². The maximum Gasteiger partial charge on any atom is 0.134 e. The second-order valence-corrected chi connectivity index (χ2v) is 3.55. The molecule has 0 fully saturated rings. The van der Waals surface area contributed by atoms with Crippen LogP contribution >= 0.6 is 0 Å². The number of rotatable bonds is 3. The first-order chi connectivity index (χ1) is 8.63. The van der Waals surface area contributed by atoms with Gasteiger partial charge in [-0.2, -0.15) is 0 Å². The molecule has 1 atom stereocenters. The zero-order chi connectivity index (χ0) is 13.1. The minimum atomic E-state index is -1.03. The molecule has 2 aromatic rings. The van der Waals surface area contributed by atoms with E-state index in [9.17, 15) is 13.2 Å². The second-order valence-electron chi connectivity index (χ2n) is 3.55. The van der Waals surface area contributed by atoms with Crippen LogP contribution in [0.3, 0.4) is 0 Å². The smallest absolute Gasteiger partial charge is 0.134 e. The Balaban J connectivity index is 2.52. The minimum absolute atomic E-state index is 0.365. The lowest BCUT2D eigenvalue weighted by atomic mass is 10.0. The van der Waals surface area contributed by atoms with Crippen LogP contribution in [-0.2, 0) is 0 Å².